The molecule has 4 nitrogen and oxygen atoms in total. The second kappa shape index (κ2) is 7.78. The summed E-state index contributed by atoms with van der Waals surface area (Å²) in [7, 11) is 0. The Morgan fingerprint density at radius 1 is 1.18 bits per heavy atom. The van der Waals surface area contributed by atoms with E-state index in [1.807, 2.05) is 36.5 Å². The number of carbonyl (C=O) groups is 1. The Kier molecular flexibility index (Phi) is 5.75. The maximum Gasteiger partial charge on any atom is 0.224 e. The minimum absolute atomic E-state index is 0.0862. The van der Waals surface area contributed by atoms with Crippen molar-refractivity contribution in [3.63, 3.8) is 0 Å². The van der Waals surface area contributed by atoms with E-state index in [-0.39, 0.29) is 11.9 Å². The lowest BCUT2D eigenvalue weighted by atomic mass is 10.0. The van der Waals surface area contributed by atoms with E-state index in [0.717, 1.165) is 24.1 Å². The number of hydrogen-bond acceptors (Lipinski definition) is 2. The number of nitrogens with one attached hydrogen (secondary N) is 1. The first-order chi connectivity index (χ1) is 10.5. The normalized spacial score (nSPS) is 12.4. The van der Waals surface area contributed by atoms with E-state index >= 15 is 0 Å². The van der Waals surface area contributed by atoms with Crippen molar-refractivity contribution in [1.82, 2.24) is 15.1 Å². The molecule has 2 rings (SSSR count). The predicted molar refractivity (Wildman–Crippen MR) is 88.9 cm³/mol. The Morgan fingerprint density at radius 3 is 2.50 bits per heavy atom. The van der Waals surface area contributed by atoms with Crippen molar-refractivity contribution in [3.8, 4) is 5.69 Å². The van der Waals surface area contributed by atoms with Gasteiger partial charge in [0.25, 0.3) is 0 Å². The van der Waals surface area contributed by atoms with Gasteiger partial charge in [0.15, 0.2) is 0 Å². The van der Waals surface area contributed by atoms with Crippen LogP contribution in [0.15, 0.2) is 42.7 Å². The van der Waals surface area contributed by atoms with E-state index in [0.29, 0.717) is 12.3 Å². The highest BCUT2D eigenvalue weighted by Crippen LogP contribution is 2.10. The fourth-order valence-corrected chi connectivity index (χ4v) is 2.35. The molecule has 0 radical (unpaired) electrons. The van der Waals surface area contributed by atoms with Gasteiger partial charge in [-0.05, 0) is 49.4 Å². The third kappa shape index (κ3) is 5.02. The van der Waals surface area contributed by atoms with Crippen LogP contribution in [0, 0.1) is 5.92 Å². The fraction of sp³-hybridized carbons (Fsp3) is 0.444. The topological polar surface area (TPSA) is 46.9 Å². The summed E-state index contributed by atoms with van der Waals surface area (Å²) in [5.41, 5.74) is 2.02. The number of aromatic nitrogens is 2. The summed E-state index contributed by atoms with van der Waals surface area (Å²) in [4.78, 5) is 12.1. The molecular formula is C18H25N3O. The average molecular weight is 299 g/mol. The minimum atomic E-state index is 0.0862. The second-order valence-electron chi connectivity index (χ2n) is 6.23. The van der Waals surface area contributed by atoms with Crippen LogP contribution in [-0.2, 0) is 11.2 Å². The van der Waals surface area contributed by atoms with Crippen LogP contribution in [0.4, 0.5) is 0 Å². The van der Waals surface area contributed by atoms with Crippen molar-refractivity contribution in [3.05, 3.63) is 48.3 Å². The van der Waals surface area contributed by atoms with Crippen LogP contribution in [-0.4, -0.2) is 21.7 Å². The van der Waals surface area contributed by atoms with Crippen molar-refractivity contribution in [2.75, 3.05) is 0 Å². The zero-order chi connectivity index (χ0) is 15.9. The Morgan fingerprint density at radius 2 is 1.91 bits per heavy atom. The van der Waals surface area contributed by atoms with Crippen LogP contribution >= 0.6 is 0 Å². The summed E-state index contributed by atoms with van der Waals surface area (Å²) in [5.74, 6) is 0.761. The van der Waals surface area contributed by atoms with Crippen LogP contribution < -0.4 is 5.32 Å². The Balaban J connectivity index is 1.84. The van der Waals surface area contributed by atoms with E-state index in [4.69, 9.17) is 0 Å². The molecule has 0 spiro atoms. The van der Waals surface area contributed by atoms with E-state index in [9.17, 15) is 4.79 Å². The summed E-state index contributed by atoms with van der Waals surface area (Å²) in [6, 6.07) is 10.1. The van der Waals surface area contributed by atoms with Gasteiger partial charge in [-0.25, -0.2) is 4.68 Å². The lowest BCUT2D eigenvalue weighted by Gasteiger charge is -2.15. The molecule has 0 saturated carbocycles. The highest BCUT2D eigenvalue weighted by molar-refractivity contribution is 5.78. The molecule has 0 aliphatic heterocycles. The summed E-state index contributed by atoms with van der Waals surface area (Å²) < 4.78 is 1.80. The largest absolute Gasteiger partial charge is 0.353 e. The number of benzene rings is 1. The molecule has 118 valence electrons. The lowest BCUT2D eigenvalue weighted by molar-refractivity contribution is -0.121. The minimum Gasteiger partial charge on any atom is -0.353 e. The molecule has 1 heterocycles. The molecule has 0 aliphatic carbocycles. The van der Waals surface area contributed by atoms with E-state index in [1.54, 1.807) is 10.9 Å². The summed E-state index contributed by atoms with van der Waals surface area (Å²) in [6.07, 6.45) is 6.24. The van der Waals surface area contributed by atoms with Crippen molar-refractivity contribution >= 4 is 5.91 Å². The second-order valence-corrected chi connectivity index (χ2v) is 6.23. The van der Waals surface area contributed by atoms with E-state index in [1.165, 1.54) is 0 Å². The van der Waals surface area contributed by atoms with Crippen LogP contribution in [0.2, 0.25) is 0 Å². The van der Waals surface area contributed by atoms with Crippen molar-refractivity contribution < 1.29 is 4.79 Å². The molecular weight excluding hydrogens is 274 g/mol. The molecule has 1 amide bonds. The van der Waals surface area contributed by atoms with Gasteiger partial charge in [0, 0.05) is 18.4 Å². The highest BCUT2D eigenvalue weighted by atomic mass is 16.1. The quantitative estimate of drug-likeness (QED) is 0.852. The van der Waals surface area contributed by atoms with E-state index < -0.39 is 0 Å². The van der Waals surface area contributed by atoms with Gasteiger partial charge in [0.05, 0.1) is 12.1 Å². The van der Waals surface area contributed by atoms with Crippen molar-refractivity contribution in [1.29, 1.82) is 0 Å². The Labute approximate surface area is 132 Å². The van der Waals surface area contributed by atoms with Crippen molar-refractivity contribution in [2.45, 2.75) is 46.1 Å². The van der Waals surface area contributed by atoms with Crippen LogP contribution in [0.3, 0.4) is 0 Å². The van der Waals surface area contributed by atoms with Gasteiger partial charge in [-0.3, -0.25) is 4.79 Å². The highest BCUT2D eigenvalue weighted by Gasteiger charge is 2.09. The van der Waals surface area contributed by atoms with Crippen LogP contribution in [0.5, 0.6) is 0 Å². The van der Waals surface area contributed by atoms with Gasteiger partial charge < -0.3 is 5.32 Å². The maximum absolute atomic E-state index is 12.1. The standard InChI is InChI=1S/C18H25N3O/c1-14(2)5-6-15(3)20-18(22)13-16-7-9-17(10-8-16)21-12-4-11-19-21/h4,7-12,14-15H,5-6,13H2,1-3H3,(H,20,22)/t15-/m1/s1. The first-order valence-corrected chi connectivity index (χ1v) is 7.93. The molecule has 0 aliphatic rings. The molecule has 1 aromatic carbocycles. The maximum atomic E-state index is 12.1. The monoisotopic (exact) mass is 299 g/mol. The number of carbonyl (C=O) groups excluding carboxylic acids is 1. The van der Waals surface area contributed by atoms with E-state index in [2.05, 4.69) is 31.2 Å². The molecule has 0 saturated heterocycles. The number of amides is 1. The first kappa shape index (κ1) is 16.3. The predicted octanol–water partition coefficient (Wildman–Crippen LogP) is 3.36. The zero-order valence-corrected chi connectivity index (χ0v) is 13.6. The first-order valence-electron chi connectivity index (χ1n) is 7.93. The number of nitrogens with zero attached hydrogens (tertiary/aromatic N) is 2. The van der Waals surface area contributed by atoms with Gasteiger partial charge in [-0.2, -0.15) is 5.10 Å². The fourth-order valence-electron chi connectivity index (χ4n) is 2.35. The SMILES string of the molecule is CC(C)CC[C@@H](C)NC(=O)Cc1ccc(-n2cccn2)cc1. The van der Waals surface area contributed by atoms with Crippen LogP contribution in [0.25, 0.3) is 5.69 Å². The molecule has 0 unspecified atom stereocenters. The molecule has 0 fully saturated rings. The smallest absolute Gasteiger partial charge is 0.224 e. The average Bonchev–Trinajstić information content (AvgIpc) is 3.00. The number of rotatable bonds is 7. The summed E-state index contributed by atoms with van der Waals surface area (Å²) in [5, 5.41) is 7.26. The molecule has 2 aromatic rings. The summed E-state index contributed by atoms with van der Waals surface area (Å²) >= 11 is 0. The molecule has 22 heavy (non-hydrogen) atoms. The molecule has 4 heteroatoms. The lowest BCUT2D eigenvalue weighted by Crippen LogP contribution is -2.33. The molecule has 1 N–H and O–H groups in total. The third-order valence-electron chi connectivity index (χ3n) is 3.65. The summed E-state index contributed by atoms with van der Waals surface area (Å²) in [6.45, 7) is 6.48. The van der Waals surface area contributed by atoms with Gasteiger partial charge >= 0.3 is 0 Å². The molecule has 1 atom stereocenters. The Hall–Kier alpha value is -2.10. The molecule has 1 aromatic heterocycles. The number of hydrogen-bond donors (Lipinski definition) is 1. The third-order valence-corrected chi connectivity index (χ3v) is 3.65. The zero-order valence-electron chi connectivity index (χ0n) is 13.6. The van der Waals surface area contributed by atoms with Gasteiger partial charge in [0.2, 0.25) is 5.91 Å². The van der Waals surface area contributed by atoms with Gasteiger partial charge in [0.1, 0.15) is 0 Å². The van der Waals surface area contributed by atoms with Gasteiger partial charge in [-0.15, -0.1) is 0 Å². The Bertz CT molecular complexity index is 573. The van der Waals surface area contributed by atoms with Gasteiger partial charge in [-0.1, -0.05) is 26.0 Å². The van der Waals surface area contributed by atoms with Crippen LogP contribution in [0.1, 0.15) is 39.2 Å². The van der Waals surface area contributed by atoms with Crippen molar-refractivity contribution in [2.24, 2.45) is 5.92 Å². The molecule has 0 bridgehead atoms.